The summed E-state index contributed by atoms with van der Waals surface area (Å²) in [5.41, 5.74) is 2.10. The lowest BCUT2D eigenvalue weighted by molar-refractivity contribution is 0.249. The van der Waals surface area contributed by atoms with Gasteiger partial charge in [0.25, 0.3) is 0 Å². The average molecular weight is 321 g/mol. The number of anilines is 1. The molecule has 0 radical (unpaired) electrons. The van der Waals surface area contributed by atoms with Crippen molar-refractivity contribution in [2.24, 2.45) is 7.05 Å². The molecule has 1 unspecified atom stereocenters. The zero-order chi connectivity index (χ0) is 16.9. The predicted octanol–water partition coefficient (Wildman–Crippen LogP) is 3.03. The summed E-state index contributed by atoms with van der Waals surface area (Å²) in [5.74, 6) is 1.26. The molecule has 0 aliphatic rings. The lowest BCUT2D eigenvalue weighted by Gasteiger charge is -2.19. The van der Waals surface area contributed by atoms with Crippen LogP contribution in [0.25, 0.3) is 0 Å². The summed E-state index contributed by atoms with van der Waals surface area (Å²) in [7, 11) is 1.91. The summed E-state index contributed by atoms with van der Waals surface area (Å²) in [5, 5.41) is 5.72. The first-order valence-electron chi connectivity index (χ1n) is 7.66. The Morgan fingerprint density at radius 2 is 2.00 bits per heavy atom. The number of nitrogens with one attached hydrogen (secondary N) is 2. The Kier molecular flexibility index (Phi) is 4.56. The van der Waals surface area contributed by atoms with Gasteiger partial charge in [0.1, 0.15) is 17.7 Å². The molecule has 0 spiro atoms. The molecule has 1 aromatic carbocycles. The highest BCUT2D eigenvalue weighted by Gasteiger charge is 2.21. The molecule has 0 fully saturated rings. The second-order valence-corrected chi connectivity index (χ2v) is 5.56. The van der Waals surface area contributed by atoms with Crippen LogP contribution in [0, 0.1) is 6.92 Å². The van der Waals surface area contributed by atoms with E-state index in [0.717, 1.165) is 17.0 Å². The van der Waals surface area contributed by atoms with Gasteiger partial charge in [-0.05, 0) is 24.6 Å². The molecule has 3 rings (SSSR count). The van der Waals surface area contributed by atoms with Crippen molar-refractivity contribution in [2.75, 3.05) is 5.32 Å². The highest BCUT2D eigenvalue weighted by atomic mass is 16.2. The van der Waals surface area contributed by atoms with Crippen LogP contribution in [0.15, 0.2) is 61.1 Å². The molecule has 6 heteroatoms. The van der Waals surface area contributed by atoms with E-state index in [4.69, 9.17) is 0 Å². The lowest BCUT2D eigenvalue weighted by atomic mass is 10.0. The van der Waals surface area contributed by atoms with Gasteiger partial charge in [-0.15, -0.1) is 0 Å². The summed E-state index contributed by atoms with van der Waals surface area (Å²) < 4.78 is 1.90. The van der Waals surface area contributed by atoms with Crippen molar-refractivity contribution in [3.05, 3.63) is 78.0 Å². The van der Waals surface area contributed by atoms with Gasteiger partial charge in [-0.2, -0.15) is 0 Å². The van der Waals surface area contributed by atoms with Crippen molar-refractivity contribution < 1.29 is 4.79 Å². The number of benzene rings is 1. The SMILES string of the molecule is Cc1cccc(C(NC(=O)Nc2ccccn2)c2nccn2C)c1. The van der Waals surface area contributed by atoms with E-state index in [1.807, 2.05) is 55.1 Å². The number of rotatable bonds is 4. The van der Waals surface area contributed by atoms with E-state index < -0.39 is 0 Å². The van der Waals surface area contributed by atoms with Gasteiger partial charge in [0, 0.05) is 25.6 Å². The number of carbonyl (C=O) groups excluding carboxylic acids is 1. The van der Waals surface area contributed by atoms with Crippen molar-refractivity contribution in [1.82, 2.24) is 19.9 Å². The molecule has 24 heavy (non-hydrogen) atoms. The first-order chi connectivity index (χ1) is 11.6. The van der Waals surface area contributed by atoms with E-state index in [0.29, 0.717) is 5.82 Å². The van der Waals surface area contributed by atoms with Crippen molar-refractivity contribution in [3.63, 3.8) is 0 Å². The van der Waals surface area contributed by atoms with Crippen LogP contribution in [0.5, 0.6) is 0 Å². The van der Waals surface area contributed by atoms with Gasteiger partial charge in [0.05, 0.1) is 0 Å². The molecule has 0 aliphatic carbocycles. The molecule has 3 aromatic rings. The molecule has 2 amide bonds. The number of hydrogen-bond donors (Lipinski definition) is 2. The Labute approximate surface area is 140 Å². The zero-order valence-electron chi connectivity index (χ0n) is 13.6. The summed E-state index contributed by atoms with van der Waals surface area (Å²) in [4.78, 5) is 20.9. The molecule has 0 saturated heterocycles. The fourth-order valence-corrected chi connectivity index (χ4v) is 2.52. The van der Waals surface area contributed by atoms with Crippen LogP contribution < -0.4 is 10.6 Å². The monoisotopic (exact) mass is 321 g/mol. The molecule has 2 N–H and O–H groups in total. The van der Waals surface area contributed by atoms with Crippen LogP contribution >= 0.6 is 0 Å². The number of urea groups is 1. The Morgan fingerprint density at radius 1 is 1.12 bits per heavy atom. The van der Waals surface area contributed by atoms with Crippen LogP contribution in [0.2, 0.25) is 0 Å². The molecular weight excluding hydrogens is 302 g/mol. The van der Waals surface area contributed by atoms with Gasteiger partial charge >= 0.3 is 6.03 Å². The highest BCUT2D eigenvalue weighted by Crippen LogP contribution is 2.21. The lowest BCUT2D eigenvalue weighted by Crippen LogP contribution is -2.34. The second kappa shape index (κ2) is 6.95. The summed E-state index contributed by atoms with van der Waals surface area (Å²) in [6.07, 6.45) is 5.21. The molecule has 0 saturated carbocycles. The van der Waals surface area contributed by atoms with E-state index in [-0.39, 0.29) is 12.1 Å². The maximum Gasteiger partial charge on any atom is 0.321 e. The van der Waals surface area contributed by atoms with Crippen molar-refractivity contribution in [2.45, 2.75) is 13.0 Å². The van der Waals surface area contributed by atoms with Gasteiger partial charge in [-0.25, -0.2) is 14.8 Å². The van der Waals surface area contributed by atoms with Crippen LogP contribution in [0.1, 0.15) is 23.0 Å². The zero-order valence-corrected chi connectivity index (χ0v) is 13.6. The van der Waals surface area contributed by atoms with Gasteiger partial charge in [-0.3, -0.25) is 5.32 Å². The normalized spacial score (nSPS) is 11.8. The van der Waals surface area contributed by atoms with E-state index in [2.05, 4.69) is 20.6 Å². The quantitative estimate of drug-likeness (QED) is 0.776. The molecule has 1 atom stereocenters. The number of carbonyl (C=O) groups is 1. The molecule has 6 nitrogen and oxygen atoms in total. The maximum absolute atomic E-state index is 12.4. The topological polar surface area (TPSA) is 71.8 Å². The van der Waals surface area contributed by atoms with E-state index in [1.54, 1.807) is 24.5 Å². The van der Waals surface area contributed by atoms with Gasteiger partial charge in [0.15, 0.2) is 0 Å². The minimum Gasteiger partial charge on any atom is -0.336 e. The standard InChI is InChI=1S/C18H19N5O/c1-13-6-5-7-14(12-13)16(17-20-10-11-23(17)2)22-18(24)21-15-8-3-4-9-19-15/h3-12,16H,1-2H3,(H2,19,21,22,24). The number of hydrogen-bond acceptors (Lipinski definition) is 3. The van der Waals surface area contributed by atoms with Crippen molar-refractivity contribution in [1.29, 1.82) is 0 Å². The fraction of sp³-hybridized carbons (Fsp3) is 0.167. The number of amides is 2. The molecule has 0 bridgehead atoms. The number of aromatic nitrogens is 3. The summed E-state index contributed by atoms with van der Waals surface area (Å²) in [6.45, 7) is 2.02. The third-order valence-electron chi connectivity index (χ3n) is 3.67. The maximum atomic E-state index is 12.4. The van der Waals surface area contributed by atoms with E-state index in [9.17, 15) is 4.79 Å². The first-order valence-corrected chi connectivity index (χ1v) is 7.66. The summed E-state index contributed by atoms with van der Waals surface area (Å²) >= 11 is 0. The Hall–Kier alpha value is -3.15. The number of pyridine rings is 1. The van der Waals surface area contributed by atoms with E-state index in [1.165, 1.54) is 0 Å². The molecule has 2 heterocycles. The average Bonchev–Trinajstić information content (AvgIpc) is 2.99. The fourth-order valence-electron chi connectivity index (χ4n) is 2.52. The minimum atomic E-state index is -0.353. The first kappa shape index (κ1) is 15.7. The van der Waals surface area contributed by atoms with Crippen LogP contribution in [-0.2, 0) is 7.05 Å². The molecular formula is C18H19N5O. The largest absolute Gasteiger partial charge is 0.336 e. The highest BCUT2D eigenvalue weighted by molar-refractivity contribution is 5.88. The van der Waals surface area contributed by atoms with Crippen LogP contribution in [0.3, 0.4) is 0 Å². The minimum absolute atomic E-state index is 0.330. The van der Waals surface area contributed by atoms with Gasteiger partial charge in [-0.1, -0.05) is 35.9 Å². The Bertz CT molecular complexity index is 828. The molecule has 122 valence electrons. The molecule has 0 aliphatic heterocycles. The third-order valence-corrected chi connectivity index (χ3v) is 3.67. The Balaban J connectivity index is 1.85. The van der Waals surface area contributed by atoms with E-state index >= 15 is 0 Å². The third kappa shape index (κ3) is 3.60. The van der Waals surface area contributed by atoms with Crippen molar-refractivity contribution in [3.8, 4) is 0 Å². The number of aryl methyl sites for hydroxylation is 2. The summed E-state index contributed by atoms with van der Waals surface area (Å²) in [6, 6.07) is 12.7. The number of imidazole rings is 1. The van der Waals surface area contributed by atoms with Gasteiger partial charge in [0.2, 0.25) is 0 Å². The second-order valence-electron chi connectivity index (χ2n) is 5.56. The van der Waals surface area contributed by atoms with Crippen LogP contribution in [0.4, 0.5) is 10.6 Å². The Morgan fingerprint density at radius 3 is 2.67 bits per heavy atom. The predicted molar refractivity (Wildman–Crippen MR) is 92.6 cm³/mol. The van der Waals surface area contributed by atoms with Crippen molar-refractivity contribution >= 4 is 11.8 Å². The smallest absolute Gasteiger partial charge is 0.321 e. The van der Waals surface area contributed by atoms with Crippen LogP contribution in [-0.4, -0.2) is 20.6 Å². The molecule has 2 aromatic heterocycles. The number of nitrogens with zero attached hydrogens (tertiary/aromatic N) is 3. The van der Waals surface area contributed by atoms with Gasteiger partial charge < -0.3 is 9.88 Å².